The molecule has 0 radical (unpaired) electrons. The fraction of sp³-hybridized carbons (Fsp3) is 0.875. The zero-order valence-corrected chi connectivity index (χ0v) is 8.78. The van der Waals surface area contributed by atoms with Crippen LogP contribution in [0, 0.1) is 0 Å². The summed E-state index contributed by atoms with van der Waals surface area (Å²) in [6.45, 7) is 4.30. The van der Waals surface area contributed by atoms with Crippen LogP contribution in [-0.2, 0) is 9.53 Å². The van der Waals surface area contributed by atoms with Crippen molar-refractivity contribution in [3.05, 3.63) is 10.4 Å². The summed E-state index contributed by atoms with van der Waals surface area (Å²) in [4.78, 5) is 13.8. The maximum absolute atomic E-state index is 11.3. The Bertz CT molecular complexity index is 233. The first-order chi connectivity index (χ1) is 6.52. The molecule has 6 heteroatoms. The summed E-state index contributed by atoms with van der Waals surface area (Å²) in [5, 5.41) is 5.92. The summed E-state index contributed by atoms with van der Waals surface area (Å²) in [6.07, 6.45) is 0.291. The summed E-state index contributed by atoms with van der Waals surface area (Å²) in [6, 6.07) is 0. The SMILES string of the molecule is COC(C)(C)CC(=O)NCCN=[N+]=[N-]. The molecule has 0 saturated carbocycles. The Kier molecular flexibility index (Phi) is 5.67. The number of rotatable bonds is 6. The van der Waals surface area contributed by atoms with Crippen LogP contribution in [0.2, 0.25) is 0 Å². The molecule has 0 spiro atoms. The van der Waals surface area contributed by atoms with Crippen molar-refractivity contribution >= 4 is 5.91 Å². The van der Waals surface area contributed by atoms with Gasteiger partial charge in [-0.3, -0.25) is 4.79 Å². The number of azide groups is 1. The van der Waals surface area contributed by atoms with Crippen LogP contribution in [-0.4, -0.2) is 31.7 Å². The lowest BCUT2D eigenvalue weighted by molar-refractivity contribution is -0.126. The highest BCUT2D eigenvalue weighted by molar-refractivity contribution is 5.76. The van der Waals surface area contributed by atoms with Gasteiger partial charge in [-0.15, -0.1) is 0 Å². The zero-order chi connectivity index (χ0) is 11.0. The molecule has 0 aliphatic heterocycles. The number of carbonyl (C=O) groups excluding carboxylic acids is 1. The van der Waals surface area contributed by atoms with E-state index in [0.29, 0.717) is 13.0 Å². The lowest BCUT2D eigenvalue weighted by atomic mass is 10.1. The van der Waals surface area contributed by atoms with Gasteiger partial charge in [0.15, 0.2) is 0 Å². The molecular formula is C8H16N4O2. The van der Waals surface area contributed by atoms with E-state index in [4.69, 9.17) is 10.3 Å². The number of hydrogen-bond donors (Lipinski definition) is 1. The standard InChI is InChI=1S/C8H16N4O2/c1-8(2,14-3)6-7(13)10-4-5-11-12-9/h4-6H2,1-3H3,(H,10,13). The van der Waals surface area contributed by atoms with Crippen molar-refractivity contribution < 1.29 is 9.53 Å². The Hall–Kier alpha value is -1.26. The van der Waals surface area contributed by atoms with Crippen LogP contribution in [0.5, 0.6) is 0 Å². The molecule has 0 aromatic heterocycles. The fourth-order valence-corrected chi connectivity index (χ4v) is 0.811. The van der Waals surface area contributed by atoms with E-state index in [1.54, 1.807) is 7.11 Å². The first-order valence-electron chi connectivity index (χ1n) is 4.34. The molecular weight excluding hydrogens is 184 g/mol. The molecule has 0 rings (SSSR count). The zero-order valence-electron chi connectivity index (χ0n) is 8.78. The van der Waals surface area contributed by atoms with E-state index in [0.717, 1.165) is 0 Å². The van der Waals surface area contributed by atoms with Gasteiger partial charge in [-0.05, 0) is 19.4 Å². The van der Waals surface area contributed by atoms with Crippen LogP contribution in [0.25, 0.3) is 10.4 Å². The first-order valence-corrected chi connectivity index (χ1v) is 4.34. The van der Waals surface area contributed by atoms with Crippen molar-refractivity contribution in [3.8, 4) is 0 Å². The smallest absolute Gasteiger partial charge is 0.222 e. The minimum Gasteiger partial charge on any atom is -0.378 e. The summed E-state index contributed by atoms with van der Waals surface area (Å²) in [5.74, 6) is -0.106. The third-order valence-electron chi connectivity index (χ3n) is 1.74. The van der Waals surface area contributed by atoms with Crippen LogP contribution in [0.3, 0.4) is 0 Å². The highest BCUT2D eigenvalue weighted by Crippen LogP contribution is 2.11. The summed E-state index contributed by atoms with van der Waals surface area (Å²) in [7, 11) is 1.56. The molecule has 0 aromatic rings. The van der Waals surface area contributed by atoms with Crippen LogP contribution in [0.4, 0.5) is 0 Å². The van der Waals surface area contributed by atoms with Gasteiger partial charge in [-0.25, -0.2) is 0 Å². The van der Waals surface area contributed by atoms with Crippen LogP contribution < -0.4 is 5.32 Å². The minimum atomic E-state index is -0.456. The highest BCUT2D eigenvalue weighted by Gasteiger charge is 2.20. The maximum atomic E-state index is 11.3. The Morgan fingerprint density at radius 2 is 2.29 bits per heavy atom. The topological polar surface area (TPSA) is 87.1 Å². The molecule has 0 fully saturated rings. The van der Waals surface area contributed by atoms with Crippen LogP contribution in [0.15, 0.2) is 5.11 Å². The van der Waals surface area contributed by atoms with Gasteiger partial charge in [0.05, 0.1) is 12.0 Å². The molecule has 1 amide bonds. The van der Waals surface area contributed by atoms with Crippen molar-refractivity contribution in [3.63, 3.8) is 0 Å². The van der Waals surface area contributed by atoms with Gasteiger partial charge in [-0.2, -0.15) is 0 Å². The summed E-state index contributed by atoms with van der Waals surface area (Å²) in [5.41, 5.74) is 7.53. The van der Waals surface area contributed by atoms with Gasteiger partial charge >= 0.3 is 0 Å². The normalized spacial score (nSPS) is 10.5. The Morgan fingerprint density at radius 3 is 2.79 bits per heavy atom. The summed E-state index contributed by atoms with van der Waals surface area (Å²) >= 11 is 0. The molecule has 0 saturated heterocycles. The summed E-state index contributed by atoms with van der Waals surface area (Å²) < 4.78 is 5.09. The highest BCUT2D eigenvalue weighted by atomic mass is 16.5. The van der Waals surface area contributed by atoms with E-state index >= 15 is 0 Å². The quantitative estimate of drug-likeness (QED) is 0.302. The molecule has 80 valence electrons. The maximum Gasteiger partial charge on any atom is 0.222 e. The fourth-order valence-electron chi connectivity index (χ4n) is 0.811. The number of methoxy groups -OCH3 is 1. The Labute approximate surface area is 83.3 Å². The Morgan fingerprint density at radius 1 is 1.64 bits per heavy atom. The number of ether oxygens (including phenoxy) is 1. The minimum absolute atomic E-state index is 0.106. The molecule has 1 N–H and O–H groups in total. The van der Waals surface area contributed by atoms with Crippen molar-refractivity contribution in [1.82, 2.24) is 5.32 Å². The van der Waals surface area contributed by atoms with Gasteiger partial charge in [0, 0.05) is 25.1 Å². The van der Waals surface area contributed by atoms with Gasteiger partial charge in [0.1, 0.15) is 0 Å². The van der Waals surface area contributed by atoms with Gasteiger partial charge in [0.2, 0.25) is 5.91 Å². The second kappa shape index (κ2) is 6.23. The second-order valence-corrected chi connectivity index (χ2v) is 3.45. The van der Waals surface area contributed by atoms with E-state index in [2.05, 4.69) is 15.3 Å². The van der Waals surface area contributed by atoms with E-state index in [1.165, 1.54) is 0 Å². The average molecular weight is 200 g/mol. The molecule has 14 heavy (non-hydrogen) atoms. The lowest BCUT2D eigenvalue weighted by Crippen LogP contribution is -2.34. The second-order valence-electron chi connectivity index (χ2n) is 3.45. The van der Waals surface area contributed by atoms with Gasteiger partial charge in [0.25, 0.3) is 0 Å². The number of nitrogens with one attached hydrogen (secondary N) is 1. The molecule has 0 aliphatic rings. The average Bonchev–Trinajstić information content (AvgIpc) is 2.12. The van der Waals surface area contributed by atoms with E-state index in [1.807, 2.05) is 13.8 Å². The van der Waals surface area contributed by atoms with Crippen molar-refractivity contribution in [2.24, 2.45) is 5.11 Å². The lowest BCUT2D eigenvalue weighted by Gasteiger charge is -2.21. The molecule has 0 heterocycles. The van der Waals surface area contributed by atoms with E-state index in [9.17, 15) is 4.79 Å². The van der Waals surface area contributed by atoms with Gasteiger partial charge in [-0.1, -0.05) is 5.11 Å². The number of hydrogen-bond acceptors (Lipinski definition) is 3. The van der Waals surface area contributed by atoms with Crippen molar-refractivity contribution in [1.29, 1.82) is 0 Å². The molecule has 0 bridgehead atoms. The van der Waals surface area contributed by atoms with Crippen LogP contribution in [0.1, 0.15) is 20.3 Å². The van der Waals surface area contributed by atoms with Crippen molar-refractivity contribution in [2.45, 2.75) is 25.9 Å². The van der Waals surface area contributed by atoms with E-state index < -0.39 is 5.60 Å². The predicted octanol–water partition coefficient (Wildman–Crippen LogP) is 1.23. The van der Waals surface area contributed by atoms with E-state index in [-0.39, 0.29) is 12.5 Å². The molecule has 0 aliphatic carbocycles. The third kappa shape index (κ3) is 6.28. The molecule has 0 unspecified atom stereocenters. The van der Waals surface area contributed by atoms with Gasteiger partial charge < -0.3 is 10.1 Å². The number of amides is 1. The number of carbonyl (C=O) groups is 1. The monoisotopic (exact) mass is 200 g/mol. The third-order valence-corrected chi connectivity index (χ3v) is 1.74. The first kappa shape index (κ1) is 12.7. The molecule has 0 atom stereocenters. The van der Waals surface area contributed by atoms with Crippen LogP contribution >= 0.6 is 0 Å². The van der Waals surface area contributed by atoms with Crippen molar-refractivity contribution in [2.75, 3.05) is 20.2 Å². The molecule has 6 nitrogen and oxygen atoms in total. The molecule has 0 aromatic carbocycles. The number of nitrogens with zero attached hydrogens (tertiary/aromatic N) is 3. The largest absolute Gasteiger partial charge is 0.378 e. The Balaban J connectivity index is 3.70. The predicted molar refractivity (Wildman–Crippen MR) is 52.7 cm³/mol.